The molecule has 2 aromatic carbocycles. The van der Waals surface area contributed by atoms with Gasteiger partial charge in [0, 0.05) is 15.5 Å². The Morgan fingerprint density at radius 3 is 2.62 bits per heavy atom. The number of rotatable bonds is 5. The topological polar surface area (TPSA) is 35.2 Å². The fourth-order valence-corrected chi connectivity index (χ4v) is 2.83. The molecule has 0 amide bonds. The monoisotopic (exact) mass is 367 g/mol. The van der Waals surface area contributed by atoms with Crippen LogP contribution in [-0.4, -0.2) is 6.04 Å². The first-order valence-electron chi connectivity index (χ1n) is 6.95. The van der Waals surface area contributed by atoms with Gasteiger partial charge in [0.25, 0.3) is 0 Å². The minimum atomic E-state index is -0.188. The molecule has 2 nitrogen and oxygen atoms in total. The molecule has 21 heavy (non-hydrogen) atoms. The second-order valence-electron chi connectivity index (χ2n) is 5.08. The van der Waals surface area contributed by atoms with Crippen LogP contribution in [0.2, 0.25) is 5.02 Å². The lowest BCUT2D eigenvalue weighted by molar-refractivity contribution is 0.170. The Balaban J connectivity index is 2.33. The third-order valence-electron chi connectivity index (χ3n) is 3.43. The lowest BCUT2D eigenvalue weighted by Gasteiger charge is -2.26. The fourth-order valence-electron chi connectivity index (χ4n) is 2.18. The molecule has 2 N–H and O–H groups in total. The van der Waals surface area contributed by atoms with Crippen LogP contribution in [0.3, 0.4) is 0 Å². The third kappa shape index (κ3) is 4.22. The van der Waals surface area contributed by atoms with Crippen molar-refractivity contribution in [2.24, 2.45) is 5.73 Å². The summed E-state index contributed by atoms with van der Waals surface area (Å²) in [5.74, 6) is 0.813. The number of benzene rings is 2. The smallest absolute Gasteiger partial charge is 0.139 e. The van der Waals surface area contributed by atoms with Gasteiger partial charge in [-0.05, 0) is 54.8 Å². The second-order valence-corrected chi connectivity index (χ2v) is 6.43. The predicted molar refractivity (Wildman–Crippen MR) is 92.0 cm³/mol. The molecule has 0 heterocycles. The molecule has 0 fully saturated rings. The summed E-state index contributed by atoms with van der Waals surface area (Å²) in [7, 11) is 0. The highest BCUT2D eigenvalue weighted by Crippen LogP contribution is 2.30. The molecule has 112 valence electrons. The van der Waals surface area contributed by atoms with Gasteiger partial charge in [-0.1, -0.05) is 46.6 Å². The van der Waals surface area contributed by atoms with Crippen molar-refractivity contribution in [3.8, 4) is 5.75 Å². The SMILES string of the molecule is CCC(N)C(Oc1ccc(Cl)cc1C)c1cccc(Br)c1. The van der Waals surface area contributed by atoms with E-state index in [0.717, 1.165) is 27.8 Å². The van der Waals surface area contributed by atoms with Crippen molar-refractivity contribution in [1.82, 2.24) is 0 Å². The van der Waals surface area contributed by atoms with E-state index in [4.69, 9.17) is 22.1 Å². The molecule has 4 heteroatoms. The molecule has 2 unspecified atom stereocenters. The molecule has 0 saturated carbocycles. The molecule has 0 aliphatic carbocycles. The van der Waals surface area contributed by atoms with Gasteiger partial charge in [-0.25, -0.2) is 0 Å². The van der Waals surface area contributed by atoms with Crippen LogP contribution < -0.4 is 10.5 Å². The summed E-state index contributed by atoms with van der Waals surface area (Å²) in [5, 5.41) is 0.707. The molecule has 0 saturated heterocycles. The highest BCUT2D eigenvalue weighted by Gasteiger charge is 2.21. The Morgan fingerprint density at radius 1 is 1.24 bits per heavy atom. The molecule has 0 aliphatic heterocycles. The molecule has 2 atom stereocenters. The minimum absolute atomic E-state index is 0.0746. The molecule has 0 radical (unpaired) electrons. The summed E-state index contributed by atoms with van der Waals surface area (Å²) in [4.78, 5) is 0. The van der Waals surface area contributed by atoms with Crippen LogP contribution in [0.5, 0.6) is 5.75 Å². The zero-order valence-electron chi connectivity index (χ0n) is 12.1. The van der Waals surface area contributed by atoms with E-state index in [-0.39, 0.29) is 12.1 Å². The number of aryl methyl sites for hydroxylation is 1. The van der Waals surface area contributed by atoms with E-state index in [0.29, 0.717) is 5.02 Å². The molecular formula is C17H19BrClNO. The minimum Gasteiger partial charge on any atom is -0.484 e. The van der Waals surface area contributed by atoms with Crippen LogP contribution in [0.15, 0.2) is 46.9 Å². The van der Waals surface area contributed by atoms with E-state index >= 15 is 0 Å². The van der Waals surface area contributed by atoms with E-state index < -0.39 is 0 Å². The van der Waals surface area contributed by atoms with Crippen LogP contribution in [0, 0.1) is 6.92 Å². The van der Waals surface area contributed by atoms with Crippen molar-refractivity contribution in [3.63, 3.8) is 0 Å². The van der Waals surface area contributed by atoms with Crippen LogP contribution >= 0.6 is 27.5 Å². The van der Waals surface area contributed by atoms with Crippen molar-refractivity contribution < 1.29 is 4.74 Å². The van der Waals surface area contributed by atoms with Crippen molar-refractivity contribution >= 4 is 27.5 Å². The van der Waals surface area contributed by atoms with Crippen LogP contribution in [0.4, 0.5) is 0 Å². The van der Waals surface area contributed by atoms with E-state index in [1.165, 1.54) is 0 Å². The van der Waals surface area contributed by atoms with Gasteiger partial charge in [-0.3, -0.25) is 0 Å². The molecule has 2 aromatic rings. The van der Waals surface area contributed by atoms with Crippen molar-refractivity contribution in [2.45, 2.75) is 32.4 Å². The first-order chi connectivity index (χ1) is 10.0. The average Bonchev–Trinajstić information content (AvgIpc) is 2.45. The summed E-state index contributed by atoms with van der Waals surface area (Å²) >= 11 is 9.49. The zero-order chi connectivity index (χ0) is 15.4. The zero-order valence-corrected chi connectivity index (χ0v) is 14.5. The van der Waals surface area contributed by atoms with Gasteiger partial charge in [-0.2, -0.15) is 0 Å². The molecule has 0 aromatic heterocycles. The summed E-state index contributed by atoms with van der Waals surface area (Å²) in [6, 6.07) is 13.6. The molecular weight excluding hydrogens is 350 g/mol. The summed E-state index contributed by atoms with van der Waals surface area (Å²) < 4.78 is 7.21. The largest absolute Gasteiger partial charge is 0.484 e. The maximum atomic E-state index is 6.26. The Kier molecular flexibility index (Phi) is 5.68. The average molecular weight is 369 g/mol. The second kappa shape index (κ2) is 7.30. The molecule has 0 aliphatic rings. The first-order valence-corrected chi connectivity index (χ1v) is 8.12. The molecule has 0 spiro atoms. The van der Waals surface area contributed by atoms with Crippen molar-refractivity contribution in [1.29, 1.82) is 0 Å². The Bertz CT molecular complexity index is 617. The van der Waals surface area contributed by atoms with Crippen LogP contribution in [0.1, 0.15) is 30.6 Å². The predicted octanol–water partition coefficient (Wildman–Crippen LogP) is 5.27. The maximum absolute atomic E-state index is 6.26. The third-order valence-corrected chi connectivity index (χ3v) is 4.16. The highest BCUT2D eigenvalue weighted by molar-refractivity contribution is 9.10. The van der Waals surface area contributed by atoms with E-state index in [2.05, 4.69) is 22.9 Å². The lowest BCUT2D eigenvalue weighted by Crippen LogP contribution is -2.31. The Labute approximate surface area is 139 Å². The Morgan fingerprint density at radius 2 is 2.00 bits per heavy atom. The van der Waals surface area contributed by atoms with E-state index in [1.54, 1.807) is 0 Å². The molecule has 2 rings (SSSR count). The van der Waals surface area contributed by atoms with E-state index in [1.807, 2.05) is 49.4 Å². The van der Waals surface area contributed by atoms with Crippen LogP contribution in [-0.2, 0) is 0 Å². The summed E-state index contributed by atoms with van der Waals surface area (Å²) in [5.41, 5.74) is 8.33. The van der Waals surface area contributed by atoms with Gasteiger partial charge in [0.05, 0.1) is 0 Å². The van der Waals surface area contributed by atoms with Gasteiger partial charge in [0.2, 0.25) is 0 Å². The van der Waals surface area contributed by atoms with E-state index in [9.17, 15) is 0 Å². The molecule has 0 bridgehead atoms. The number of hydrogen-bond donors (Lipinski definition) is 1. The summed E-state index contributed by atoms with van der Waals surface area (Å²) in [6.45, 7) is 4.05. The number of nitrogens with two attached hydrogens (primary N) is 1. The summed E-state index contributed by atoms with van der Waals surface area (Å²) in [6.07, 6.45) is 0.650. The maximum Gasteiger partial charge on any atom is 0.139 e. The fraction of sp³-hybridized carbons (Fsp3) is 0.294. The van der Waals surface area contributed by atoms with Crippen molar-refractivity contribution in [2.75, 3.05) is 0 Å². The number of halogens is 2. The quantitative estimate of drug-likeness (QED) is 0.780. The lowest BCUT2D eigenvalue weighted by atomic mass is 10.0. The van der Waals surface area contributed by atoms with Gasteiger partial charge >= 0.3 is 0 Å². The van der Waals surface area contributed by atoms with Gasteiger partial charge in [0.15, 0.2) is 0 Å². The standard InChI is InChI=1S/C17H19BrClNO/c1-3-15(20)17(12-5-4-6-13(18)10-12)21-16-8-7-14(19)9-11(16)2/h4-10,15,17H,3,20H2,1-2H3. The van der Waals surface area contributed by atoms with Gasteiger partial charge < -0.3 is 10.5 Å². The first kappa shape index (κ1) is 16.3. The normalized spacial score (nSPS) is 13.8. The highest BCUT2D eigenvalue weighted by atomic mass is 79.9. The van der Waals surface area contributed by atoms with Gasteiger partial charge in [-0.15, -0.1) is 0 Å². The van der Waals surface area contributed by atoms with Gasteiger partial charge in [0.1, 0.15) is 11.9 Å². The number of hydrogen-bond acceptors (Lipinski definition) is 2. The number of ether oxygens (including phenoxy) is 1. The van der Waals surface area contributed by atoms with Crippen LogP contribution in [0.25, 0.3) is 0 Å². The Hall–Kier alpha value is -1.03. The van der Waals surface area contributed by atoms with Crippen molar-refractivity contribution in [3.05, 3.63) is 63.1 Å².